The molecule has 0 spiro atoms. The number of ether oxygens (including phenoxy) is 1. The highest BCUT2D eigenvalue weighted by molar-refractivity contribution is 7.93. The molecule has 1 aliphatic rings. The van der Waals surface area contributed by atoms with Crippen LogP contribution in [0.2, 0.25) is 0 Å². The molecule has 0 saturated heterocycles. The Hall–Kier alpha value is -2.75. The summed E-state index contributed by atoms with van der Waals surface area (Å²) in [5, 5.41) is 0. The SMILES string of the molecule is COc1cccc2c1C(=O)N(Cc1ccc(NS(=O)(=O)C(F)(F)F)cc1)CC2. The Labute approximate surface area is 160 Å². The number of carbonyl (C=O) groups is 1. The minimum atomic E-state index is -5.47. The van der Waals surface area contributed by atoms with E-state index in [1.54, 1.807) is 11.0 Å². The summed E-state index contributed by atoms with van der Waals surface area (Å²) in [4.78, 5) is 14.4. The molecule has 0 atom stereocenters. The fraction of sp³-hybridized carbons (Fsp3) is 0.278. The quantitative estimate of drug-likeness (QED) is 0.816. The number of nitrogens with one attached hydrogen (secondary N) is 1. The third kappa shape index (κ3) is 3.91. The number of methoxy groups -OCH3 is 1. The van der Waals surface area contributed by atoms with Crippen molar-refractivity contribution < 1.29 is 31.1 Å². The molecule has 1 heterocycles. The molecule has 0 radical (unpaired) electrons. The van der Waals surface area contributed by atoms with Gasteiger partial charge in [-0.2, -0.15) is 21.6 Å². The van der Waals surface area contributed by atoms with Crippen molar-refractivity contribution in [1.82, 2.24) is 4.90 Å². The van der Waals surface area contributed by atoms with E-state index in [1.807, 2.05) is 12.1 Å². The number of hydrogen-bond donors (Lipinski definition) is 1. The highest BCUT2D eigenvalue weighted by atomic mass is 32.2. The van der Waals surface area contributed by atoms with Crippen molar-refractivity contribution >= 4 is 21.6 Å². The summed E-state index contributed by atoms with van der Waals surface area (Å²) in [5.74, 6) is 0.296. The second-order valence-electron chi connectivity index (χ2n) is 6.22. The molecule has 0 aromatic heterocycles. The van der Waals surface area contributed by atoms with E-state index >= 15 is 0 Å². The zero-order valence-corrected chi connectivity index (χ0v) is 15.6. The number of nitrogens with zero attached hydrogens (tertiary/aromatic N) is 1. The van der Waals surface area contributed by atoms with Gasteiger partial charge in [0.25, 0.3) is 5.91 Å². The Balaban J connectivity index is 1.74. The van der Waals surface area contributed by atoms with Gasteiger partial charge in [0.2, 0.25) is 0 Å². The molecule has 0 unspecified atom stereocenters. The van der Waals surface area contributed by atoms with Crippen molar-refractivity contribution in [2.24, 2.45) is 0 Å². The Morgan fingerprint density at radius 2 is 1.82 bits per heavy atom. The predicted octanol–water partition coefficient (Wildman–Crippen LogP) is 3.16. The average molecular weight is 414 g/mol. The molecule has 6 nitrogen and oxygen atoms in total. The lowest BCUT2D eigenvalue weighted by Crippen LogP contribution is -2.37. The molecule has 2 aromatic carbocycles. The number of fused-ring (bicyclic) bond motifs is 1. The fourth-order valence-corrected chi connectivity index (χ4v) is 3.54. The maximum atomic E-state index is 12.8. The molecule has 0 aliphatic carbocycles. The van der Waals surface area contributed by atoms with E-state index in [9.17, 15) is 26.4 Å². The lowest BCUT2D eigenvalue weighted by Gasteiger charge is -2.29. The van der Waals surface area contributed by atoms with Gasteiger partial charge in [-0.3, -0.25) is 9.52 Å². The number of alkyl halides is 3. The monoisotopic (exact) mass is 414 g/mol. The van der Waals surface area contributed by atoms with Gasteiger partial charge in [0.15, 0.2) is 0 Å². The van der Waals surface area contributed by atoms with Crippen LogP contribution >= 0.6 is 0 Å². The first-order valence-corrected chi connectivity index (χ1v) is 9.74. The molecule has 10 heteroatoms. The zero-order valence-electron chi connectivity index (χ0n) is 14.8. The molecule has 28 heavy (non-hydrogen) atoms. The van der Waals surface area contributed by atoms with Gasteiger partial charge >= 0.3 is 15.5 Å². The van der Waals surface area contributed by atoms with Gasteiger partial charge in [-0.05, 0) is 35.7 Å². The van der Waals surface area contributed by atoms with Crippen LogP contribution in [0.5, 0.6) is 5.75 Å². The number of sulfonamides is 1. The van der Waals surface area contributed by atoms with E-state index in [2.05, 4.69) is 0 Å². The molecule has 1 aliphatic heterocycles. The van der Waals surface area contributed by atoms with Crippen molar-refractivity contribution in [2.45, 2.75) is 18.5 Å². The number of carbonyl (C=O) groups excluding carboxylic acids is 1. The minimum Gasteiger partial charge on any atom is -0.496 e. The molecule has 0 fully saturated rings. The van der Waals surface area contributed by atoms with Crippen molar-refractivity contribution in [2.75, 3.05) is 18.4 Å². The van der Waals surface area contributed by atoms with Crippen molar-refractivity contribution in [3.8, 4) is 5.75 Å². The van der Waals surface area contributed by atoms with E-state index < -0.39 is 15.5 Å². The first kappa shape index (κ1) is 20.0. The largest absolute Gasteiger partial charge is 0.516 e. The van der Waals surface area contributed by atoms with Gasteiger partial charge in [0.1, 0.15) is 5.75 Å². The standard InChI is InChI=1S/C18H17F3N2O4S/c1-27-15-4-2-3-13-9-10-23(17(24)16(13)15)11-12-5-7-14(8-6-12)22-28(25,26)18(19,20)21/h2-8,22H,9-11H2,1H3. The van der Waals surface area contributed by atoms with Gasteiger partial charge < -0.3 is 9.64 Å². The summed E-state index contributed by atoms with van der Waals surface area (Å²) in [5.41, 5.74) is -3.54. The van der Waals surface area contributed by atoms with Crippen LogP contribution in [0.4, 0.5) is 18.9 Å². The molecule has 1 N–H and O–H groups in total. The highest BCUT2D eigenvalue weighted by Gasteiger charge is 2.46. The van der Waals surface area contributed by atoms with Crippen LogP contribution in [0.15, 0.2) is 42.5 Å². The minimum absolute atomic E-state index is 0.194. The van der Waals surface area contributed by atoms with Crippen LogP contribution in [0.25, 0.3) is 0 Å². The first-order valence-electron chi connectivity index (χ1n) is 8.25. The molecular weight excluding hydrogens is 397 g/mol. The Morgan fingerprint density at radius 3 is 2.43 bits per heavy atom. The van der Waals surface area contributed by atoms with Gasteiger partial charge in [-0.1, -0.05) is 24.3 Å². The lowest BCUT2D eigenvalue weighted by atomic mass is 9.97. The number of rotatable bonds is 5. The molecule has 0 bridgehead atoms. The van der Waals surface area contributed by atoms with E-state index in [-0.39, 0.29) is 18.1 Å². The number of hydrogen-bond acceptors (Lipinski definition) is 4. The zero-order chi connectivity index (χ0) is 20.5. The third-order valence-corrected chi connectivity index (χ3v) is 5.48. The van der Waals surface area contributed by atoms with E-state index in [1.165, 1.54) is 36.1 Å². The van der Waals surface area contributed by atoms with Crippen LogP contribution < -0.4 is 9.46 Å². The Morgan fingerprint density at radius 1 is 1.14 bits per heavy atom. The van der Waals surface area contributed by atoms with Crippen LogP contribution in [0.3, 0.4) is 0 Å². The number of amides is 1. The highest BCUT2D eigenvalue weighted by Crippen LogP contribution is 2.29. The van der Waals surface area contributed by atoms with Gasteiger partial charge in [0, 0.05) is 18.8 Å². The van der Waals surface area contributed by atoms with Crippen LogP contribution in [0.1, 0.15) is 21.5 Å². The Kier molecular flexibility index (Phi) is 5.24. The van der Waals surface area contributed by atoms with Crippen molar-refractivity contribution in [1.29, 1.82) is 0 Å². The molecule has 2 aromatic rings. The van der Waals surface area contributed by atoms with Crippen LogP contribution in [-0.4, -0.2) is 38.4 Å². The topological polar surface area (TPSA) is 75.7 Å². The molecule has 150 valence electrons. The van der Waals surface area contributed by atoms with E-state index in [4.69, 9.17) is 4.74 Å². The normalized spacial score (nSPS) is 14.6. The second-order valence-corrected chi connectivity index (χ2v) is 7.89. The summed E-state index contributed by atoms with van der Waals surface area (Å²) in [7, 11) is -3.98. The predicted molar refractivity (Wildman–Crippen MR) is 96.5 cm³/mol. The van der Waals surface area contributed by atoms with Crippen molar-refractivity contribution in [3.05, 3.63) is 59.2 Å². The average Bonchev–Trinajstić information content (AvgIpc) is 2.64. The van der Waals surface area contributed by atoms with Gasteiger partial charge in [-0.25, -0.2) is 0 Å². The maximum Gasteiger partial charge on any atom is 0.516 e. The van der Waals surface area contributed by atoms with Gasteiger partial charge in [-0.15, -0.1) is 0 Å². The van der Waals surface area contributed by atoms with E-state index in [0.717, 1.165) is 5.56 Å². The van der Waals surface area contributed by atoms with E-state index in [0.29, 0.717) is 29.8 Å². The summed E-state index contributed by atoms with van der Waals surface area (Å²) >= 11 is 0. The fourth-order valence-electron chi connectivity index (χ4n) is 2.98. The molecular formula is C18H17F3N2O4S. The molecule has 1 amide bonds. The smallest absolute Gasteiger partial charge is 0.496 e. The summed E-state index contributed by atoms with van der Waals surface area (Å²) in [6, 6.07) is 10.8. The van der Waals surface area contributed by atoms with Crippen LogP contribution in [0, 0.1) is 0 Å². The third-order valence-electron chi connectivity index (χ3n) is 4.37. The summed E-state index contributed by atoms with van der Waals surface area (Å²) in [6.07, 6.45) is 0.655. The number of benzene rings is 2. The maximum absolute atomic E-state index is 12.8. The summed E-state index contributed by atoms with van der Waals surface area (Å²) < 4.78 is 66.3. The Bertz CT molecular complexity index is 975. The number of halogens is 3. The second kappa shape index (κ2) is 7.34. The summed E-state index contributed by atoms with van der Waals surface area (Å²) in [6.45, 7) is 0.726. The molecule has 3 rings (SSSR count). The lowest BCUT2D eigenvalue weighted by molar-refractivity contribution is -0.0429. The van der Waals surface area contributed by atoms with Gasteiger partial charge in [0.05, 0.1) is 12.7 Å². The molecule has 0 saturated carbocycles. The first-order chi connectivity index (χ1) is 13.1. The number of anilines is 1. The van der Waals surface area contributed by atoms with Crippen molar-refractivity contribution in [3.63, 3.8) is 0 Å². The van der Waals surface area contributed by atoms with Crippen LogP contribution in [-0.2, 0) is 23.0 Å².